The van der Waals surface area contributed by atoms with Crippen molar-refractivity contribution in [1.82, 2.24) is 4.98 Å². The van der Waals surface area contributed by atoms with Crippen molar-refractivity contribution in [2.75, 3.05) is 12.8 Å². The molecular formula is C10H15N3S2. The number of rotatable bonds is 6. The second-order valence-electron chi connectivity index (χ2n) is 2.89. The van der Waals surface area contributed by atoms with Gasteiger partial charge in [-0.3, -0.25) is 4.99 Å². The van der Waals surface area contributed by atoms with Crippen LogP contribution in [0.5, 0.6) is 0 Å². The summed E-state index contributed by atoms with van der Waals surface area (Å²) in [7, 11) is 5.23. The minimum absolute atomic E-state index is 0.735. The zero-order chi connectivity index (χ0) is 10.9. The Balaban J connectivity index is 2.08. The van der Waals surface area contributed by atoms with E-state index in [9.17, 15) is 0 Å². The first-order valence-corrected chi connectivity index (χ1v) is 7.06. The van der Waals surface area contributed by atoms with Crippen LogP contribution in [0.4, 0.5) is 0 Å². The van der Waals surface area contributed by atoms with Crippen molar-refractivity contribution in [2.45, 2.75) is 17.9 Å². The number of amidine groups is 1. The van der Waals surface area contributed by atoms with Crippen molar-refractivity contribution in [3.63, 3.8) is 0 Å². The van der Waals surface area contributed by atoms with Gasteiger partial charge in [-0.1, -0.05) is 16.9 Å². The summed E-state index contributed by atoms with van der Waals surface area (Å²) in [5.41, 5.74) is 5.59. The van der Waals surface area contributed by atoms with Gasteiger partial charge in [-0.2, -0.15) is 0 Å². The number of pyridine rings is 1. The van der Waals surface area contributed by atoms with Crippen LogP contribution in [0.25, 0.3) is 0 Å². The minimum atomic E-state index is 0.735. The molecule has 5 heteroatoms. The molecule has 1 aromatic heterocycles. The van der Waals surface area contributed by atoms with Crippen LogP contribution in [0.2, 0.25) is 0 Å². The van der Waals surface area contributed by atoms with Crippen LogP contribution in [0, 0.1) is 0 Å². The second-order valence-corrected chi connectivity index (χ2v) is 5.33. The number of hydrogen-bond acceptors (Lipinski definition) is 4. The average molecular weight is 241 g/mol. The van der Waals surface area contributed by atoms with E-state index in [0.29, 0.717) is 0 Å². The van der Waals surface area contributed by atoms with E-state index in [1.54, 1.807) is 28.6 Å². The molecule has 0 spiro atoms. The lowest BCUT2D eigenvalue weighted by Gasteiger charge is -2.00. The second kappa shape index (κ2) is 7.59. The van der Waals surface area contributed by atoms with Crippen LogP contribution in [0.1, 0.15) is 12.8 Å². The van der Waals surface area contributed by atoms with E-state index in [1.807, 2.05) is 24.4 Å². The molecule has 1 rings (SSSR count). The highest BCUT2D eigenvalue weighted by molar-refractivity contribution is 8.76. The maximum absolute atomic E-state index is 5.59. The molecule has 0 aliphatic carbocycles. The Labute approximate surface area is 98.4 Å². The maximum atomic E-state index is 5.59. The van der Waals surface area contributed by atoms with E-state index in [-0.39, 0.29) is 0 Å². The third-order valence-electron chi connectivity index (χ3n) is 1.73. The van der Waals surface area contributed by atoms with Crippen molar-refractivity contribution in [1.29, 1.82) is 0 Å². The van der Waals surface area contributed by atoms with Gasteiger partial charge in [0.25, 0.3) is 0 Å². The van der Waals surface area contributed by atoms with Gasteiger partial charge in [0, 0.05) is 25.4 Å². The summed E-state index contributed by atoms with van der Waals surface area (Å²) >= 11 is 0. The first-order valence-electron chi connectivity index (χ1n) is 4.74. The number of hydrogen-bond donors (Lipinski definition) is 1. The number of aliphatic imine (C=N–C) groups is 1. The highest BCUT2D eigenvalue weighted by Gasteiger charge is 1.96. The molecule has 1 aromatic rings. The molecule has 0 fully saturated rings. The van der Waals surface area contributed by atoms with Gasteiger partial charge in [-0.15, -0.1) is 0 Å². The van der Waals surface area contributed by atoms with Gasteiger partial charge in [0.15, 0.2) is 0 Å². The third kappa shape index (κ3) is 5.69. The van der Waals surface area contributed by atoms with Crippen LogP contribution in [0.15, 0.2) is 34.4 Å². The predicted octanol–water partition coefficient (Wildman–Crippen LogP) is 2.59. The highest BCUT2D eigenvalue weighted by Crippen LogP contribution is 2.29. The Morgan fingerprint density at radius 3 is 3.07 bits per heavy atom. The van der Waals surface area contributed by atoms with E-state index in [2.05, 4.69) is 9.98 Å². The van der Waals surface area contributed by atoms with E-state index in [0.717, 1.165) is 29.5 Å². The Morgan fingerprint density at radius 2 is 2.40 bits per heavy atom. The first kappa shape index (κ1) is 12.4. The molecule has 0 radical (unpaired) electrons. The lowest BCUT2D eigenvalue weighted by molar-refractivity contribution is 0.995. The van der Waals surface area contributed by atoms with E-state index < -0.39 is 0 Å². The summed E-state index contributed by atoms with van der Waals surface area (Å²) in [5.74, 6) is 1.80. The molecule has 2 N–H and O–H groups in total. The van der Waals surface area contributed by atoms with Crippen molar-refractivity contribution in [3.8, 4) is 0 Å². The van der Waals surface area contributed by atoms with Gasteiger partial charge in [0.05, 0.1) is 5.84 Å². The van der Waals surface area contributed by atoms with Gasteiger partial charge in [0.2, 0.25) is 0 Å². The summed E-state index contributed by atoms with van der Waals surface area (Å²) in [4.78, 5) is 8.13. The van der Waals surface area contributed by atoms with Crippen LogP contribution in [-0.4, -0.2) is 23.6 Å². The number of aromatic nitrogens is 1. The van der Waals surface area contributed by atoms with Crippen LogP contribution < -0.4 is 5.73 Å². The Kier molecular flexibility index (Phi) is 6.27. The fourth-order valence-corrected chi connectivity index (χ4v) is 2.89. The predicted molar refractivity (Wildman–Crippen MR) is 69.3 cm³/mol. The summed E-state index contributed by atoms with van der Waals surface area (Å²) < 4.78 is 0. The first-order chi connectivity index (χ1) is 7.33. The molecule has 1 heterocycles. The molecule has 0 aromatic carbocycles. The molecule has 0 aliphatic rings. The van der Waals surface area contributed by atoms with Crippen LogP contribution in [-0.2, 0) is 0 Å². The normalized spacial score (nSPS) is 11.7. The van der Waals surface area contributed by atoms with Crippen molar-refractivity contribution >= 4 is 27.4 Å². The molecule has 82 valence electrons. The fraction of sp³-hybridized carbons (Fsp3) is 0.400. The fourth-order valence-electron chi connectivity index (χ4n) is 0.922. The SMILES string of the molecule is CN=C(N)CCCSSc1ccccn1. The molecule has 0 saturated heterocycles. The van der Waals surface area contributed by atoms with Crippen molar-refractivity contribution < 1.29 is 0 Å². The molecule has 0 aliphatic heterocycles. The summed E-state index contributed by atoms with van der Waals surface area (Å²) in [6.07, 6.45) is 3.75. The zero-order valence-electron chi connectivity index (χ0n) is 8.72. The molecule has 15 heavy (non-hydrogen) atoms. The van der Waals surface area contributed by atoms with E-state index in [1.165, 1.54) is 0 Å². The summed E-state index contributed by atoms with van der Waals surface area (Å²) in [6, 6.07) is 5.93. The van der Waals surface area contributed by atoms with E-state index in [4.69, 9.17) is 5.73 Å². The monoisotopic (exact) mass is 241 g/mol. The van der Waals surface area contributed by atoms with Crippen molar-refractivity contribution in [2.24, 2.45) is 10.7 Å². The molecule has 0 atom stereocenters. The topological polar surface area (TPSA) is 51.3 Å². The molecule has 0 unspecified atom stereocenters. The van der Waals surface area contributed by atoms with Crippen LogP contribution >= 0.6 is 21.6 Å². The minimum Gasteiger partial charge on any atom is -0.387 e. The van der Waals surface area contributed by atoms with Gasteiger partial charge in [0.1, 0.15) is 5.03 Å². The largest absolute Gasteiger partial charge is 0.387 e. The quantitative estimate of drug-likeness (QED) is 0.360. The lowest BCUT2D eigenvalue weighted by atomic mass is 10.3. The smallest absolute Gasteiger partial charge is 0.106 e. The number of nitrogens with zero attached hydrogens (tertiary/aromatic N) is 2. The van der Waals surface area contributed by atoms with E-state index >= 15 is 0 Å². The molecule has 0 amide bonds. The molecule has 0 saturated carbocycles. The molecule has 3 nitrogen and oxygen atoms in total. The van der Waals surface area contributed by atoms with Gasteiger partial charge < -0.3 is 5.73 Å². The lowest BCUT2D eigenvalue weighted by Crippen LogP contribution is -2.10. The van der Waals surface area contributed by atoms with Gasteiger partial charge in [-0.25, -0.2) is 4.98 Å². The zero-order valence-corrected chi connectivity index (χ0v) is 10.4. The Bertz CT molecular complexity index is 301. The molecule has 0 bridgehead atoms. The summed E-state index contributed by atoms with van der Waals surface area (Å²) in [5, 5.41) is 1.06. The van der Waals surface area contributed by atoms with Crippen LogP contribution in [0.3, 0.4) is 0 Å². The number of nitrogens with two attached hydrogens (primary N) is 1. The Hall–Kier alpha value is -0.680. The standard InChI is InChI=1S/C10H15N3S2/c1-12-9(11)5-4-8-14-15-10-6-2-3-7-13-10/h2-3,6-7H,4-5,8H2,1H3,(H2,11,12). The van der Waals surface area contributed by atoms with Gasteiger partial charge >= 0.3 is 0 Å². The molecular weight excluding hydrogens is 226 g/mol. The average Bonchev–Trinajstić information content (AvgIpc) is 2.29. The van der Waals surface area contributed by atoms with Crippen molar-refractivity contribution in [3.05, 3.63) is 24.4 Å². The third-order valence-corrected chi connectivity index (χ3v) is 4.08. The highest BCUT2D eigenvalue weighted by atomic mass is 33.1. The van der Waals surface area contributed by atoms with Gasteiger partial charge in [-0.05, 0) is 29.3 Å². The maximum Gasteiger partial charge on any atom is 0.106 e. The Morgan fingerprint density at radius 1 is 1.53 bits per heavy atom. The summed E-state index contributed by atoms with van der Waals surface area (Å²) in [6.45, 7) is 0.